The normalized spacial score (nSPS) is 12.2. The molecule has 0 bridgehead atoms. The summed E-state index contributed by atoms with van der Waals surface area (Å²) in [4.78, 5) is 11.6. The second kappa shape index (κ2) is 7.06. The topological polar surface area (TPSA) is 55.1 Å². The molecule has 0 aliphatic rings. The number of rotatable bonds is 6. The molecule has 0 saturated carbocycles. The molecule has 1 aromatic carbocycles. The van der Waals surface area contributed by atoms with E-state index < -0.39 is 17.5 Å². The fourth-order valence-corrected chi connectivity index (χ4v) is 1.51. The number of carbonyl (C=O) groups is 1. The van der Waals surface area contributed by atoms with E-state index in [9.17, 15) is 13.6 Å². The van der Waals surface area contributed by atoms with E-state index >= 15 is 0 Å². The lowest BCUT2D eigenvalue weighted by Gasteiger charge is -2.09. The Kier molecular flexibility index (Phi) is 5.71. The number of halogens is 2. The first-order valence-electron chi connectivity index (χ1n) is 5.98. The average Bonchev–Trinajstić information content (AvgIpc) is 2.37. The Bertz CT molecular complexity index is 410. The quantitative estimate of drug-likeness (QED) is 0.765. The van der Waals surface area contributed by atoms with Crippen molar-refractivity contribution in [3.05, 3.63) is 35.4 Å². The third kappa shape index (κ3) is 4.41. The Morgan fingerprint density at radius 2 is 2.11 bits per heavy atom. The number of amides is 1. The average molecular weight is 256 g/mol. The molecule has 0 heterocycles. The van der Waals surface area contributed by atoms with Crippen molar-refractivity contribution < 1.29 is 13.6 Å². The fraction of sp³-hybridized carbons (Fsp3) is 0.462. The van der Waals surface area contributed by atoms with Crippen molar-refractivity contribution >= 4 is 5.91 Å². The molecule has 0 radical (unpaired) electrons. The predicted molar refractivity (Wildman–Crippen MR) is 66.1 cm³/mol. The number of hydrogen-bond donors (Lipinski definition) is 2. The highest BCUT2D eigenvalue weighted by Crippen LogP contribution is 2.08. The van der Waals surface area contributed by atoms with Crippen molar-refractivity contribution in [1.29, 1.82) is 0 Å². The van der Waals surface area contributed by atoms with Gasteiger partial charge in [0.05, 0.1) is 0 Å². The fourth-order valence-electron chi connectivity index (χ4n) is 1.51. The molecule has 0 saturated heterocycles. The SMILES string of the molecule is CC(CN)CCCNC(=O)c1ccc(F)c(F)c1. The molecule has 0 aliphatic carbocycles. The van der Waals surface area contributed by atoms with E-state index in [-0.39, 0.29) is 5.56 Å². The van der Waals surface area contributed by atoms with Gasteiger partial charge >= 0.3 is 0 Å². The van der Waals surface area contributed by atoms with Crippen molar-refractivity contribution in [2.75, 3.05) is 13.1 Å². The summed E-state index contributed by atoms with van der Waals surface area (Å²) in [6.07, 6.45) is 1.74. The zero-order chi connectivity index (χ0) is 13.5. The van der Waals surface area contributed by atoms with E-state index in [2.05, 4.69) is 5.32 Å². The first kappa shape index (κ1) is 14.6. The minimum absolute atomic E-state index is 0.126. The van der Waals surface area contributed by atoms with Crippen molar-refractivity contribution in [1.82, 2.24) is 5.32 Å². The van der Waals surface area contributed by atoms with E-state index in [0.29, 0.717) is 19.0 Å². The van der Waals surface area contributed by atoms with E-state index in [1.165, 1.54) is 6.07 Å². The molecule has 1 atom stereocenters. The molecular weight excluding hydrogens is 238 g/mol. The predicted octanol–water partition coefficient (Wildman–Crippen LogP) is 2.07. The Morgan fingerprint density at radius 1 is 1.39 bits per heavy atom. The summed E-state index contributed by atoms with van der Waals surface area (Å²) in [7, 11) is 0. The number of benzene rings is 1. The number of carbonyl (C=O) groups excluding carboxylic acids is 1. The van der Waals surface area contributed by atoms with Gasteiger partial charge in [-0.15, -0.1) is 0 Å². The molecule has 1 rings (SSSR count). The highest BCUT2D eigenvalue weighted by atomic mass is 19.2. The van der Waals surface area contributed by atoms with Crippen LogP contribution >= 0.6 is 0 Å². The van der Waals surface area contributed by atoms with Crippen LogP contribution in [0.25, 0.3) is 0 Å². The van der Waals surface area contributed by atoms with Crippen LogP contribution in [0.3, 0.4) is 0 Å². The van der Waals surface area contributed by atoms with Crippen LogP contribution in [0.4, 0.5) is 8.78 Å². The van der Waals surface area contributed by atoms with Crippen LogP contribution in [0, 0.1) is 17.6 Å². The van der Waals surface area contributed by atoms with E-state index in [4.69, 9.17) is 5.73 Å². The van der Waals surface area contributed by atoms with E-state index in [0.717, 1.165) is 25.0 Å². The van der Waals surface area contributed by atoms with E-state index in [1.54, 1.807) is 0 Å². The van der Waals surface area contributed by atoms with Crippen molar-refractivity contribution in [2.45, 2.75) is 19.8 Å². The maximum absolute atomic E-state index is 12.9. The minimum Gasteiger partial charge on any atom is -0.352 e. The van der Waals surface area contributed by atoms with Crippen LogP contribution in [-0.2, 0) is 0 Å². The van der Waals surface area contributed by atoms with Gasteiger partial charge in [-0.2, -0.15) is 0 Å². The maximum atomic E-state index is 12.9. The highest BCUT2D eigenvalue weighted by molar-refractivity contribution is 5.94. The molecule has 100 valence electrons. The van der Waals surface area contributed by atoms with Crippen LogP contribution < -0.4 is 11.1 Å². The monoisotopic (exact) mass is 256 g/mol. The largest absolute Gasteiger partial charge is 0.352 e. The summed E-state index contributed by atoms with van der Waals surface area (Å²) in [5, 5.41) is 2.66. The summed E-state index contributed by atoms with van der Waals surface area (Å²) in [5.74, 6) is -1.94. The molecule has 1 unspecified atom stereocenters. The Hall–Kier alpha value is -1.49. The van der Waals surface area contributed by atoms with Gasteiger partial charge in [0.1, 0.15) is 0 Å². The van der Waals surface area contributed by atoms with E-state index in [1.807, 2.05) is 6.92 Å². The zero-order valence-corrected chi connectivity index (χ0v) is 10.4. The summed E-state index contributed by atoms with van der Waals surface area (Å²) >= 11 is 0. The smallest absolute Gasteiger partial charge is 0.251 e. The lowest BCUT2D eigenvalue weighted by Crippen LogP contribution is -2.25. The number of nitrogens with one attached hydrogen (secondary N) is 1. The van der Waals surface area contributed by atoms with Gasteiger partial charge in [0.15, 0.2) is 11.6 Å². The molecular formula is C13H18F2N2O. The standard InChI is InChI=1S/C13H18F2N2O/c1-9(8-16)3-2-6-17-13(18)10-4-5-11(14)12(15)7-10/h4-5,7,9H,2-3,6,8,16H2,1H3,(H,17,18). The van der Waals surface area contributed by atoms with Gasteiger partial charge in [-0.25, -0.2) is 8.78 Å². The Morgan fingerprint density at radius 3 is 2.72 bits per heavy atom. The summed E-state index contributed by atoms with van der Waals surface area (Å²) < 4.78 is 25.6. The third-order valence-electron chi connectivity index (χ3n) is 2.74. The van der Waals surface area contributed by atoms with Gasteiger partial charge in [0.25, 0.3) is 5.91 Å². The maximum Gasteiger partial charge on any atom is 0.251 e. The highest BCUT2D eigenvalue weighted by Gasteiger charge is 2.09. The number of nitrogens with two attached hydrogens (primary N) is 1. The molecule has 0 aromatic heterocycles. The second-order valence-corrected chi connectivity index (χ2v) is 4.37. The van der Waals surface area contributed by atoms with Crippen molar-refractivity contribution in [3.8, 4) is 0 Å². The summed E-state index contributed by atoms with van der Waals surface area (Å²) in [6.45, 7) is 3.16. The number of hydrogen-bond acceptors (Lipinski definition) is 2. The molecule has 18 heavy (non-hydrogen) atoms. The van der Waals surface area contributed by atoms with Gasteiger partial charge in [-0.1, -0.05) is 6.92 Å². The molecule has 0 fully saturated rings. The second-order valence-electron chi connectivity index (χ2n) is 4.37. The van der Waals surface area contributed by atoms with Crippen LogP contribution in [0.2, 0.25) is 0 Å². The van der Waals surface area contributed by atoms with Gasteiger partial charge in [-0.3, -0.25) is 4.79 Å². The van der Waals surface area contributed by atoms with Crippen LogP contribution in [0.15, 0.2) is 18.2 Å². The zero-order valence-electron chi connectivity index (χ0n) is 10.4. The van der Waals surface area contributed by atoms with Crippen LogP contribution in [-0.4, -0.2) is 19.0 Å². The molecule has 0 aliphatic heterocycles. The van der Waals surface area contributed by atoms with Gasteiger partial charge in [0, 0.05) is 12.1 Å². The lowest BCUT2D eigenvalue weighted by atomic mass is 10.1. The molecule has 3 nitrogen and oxygen atoms in total. The van der Waals surface area contributed by atoms with Gasteiger partial charge in [-0.05, 0) is 43.5 Å². The van der Waals surface area contributed by atoms with Crippen molar-refractivity contribution in [2.24, 2.45) is 11.7 Å². The third-order valence-corrected chi connectivity index (χ3v) is 2.74. The van der Waals surface area contributed by atoms with Gasteiger partial charge in [0.2, 0.25) is 0 Å². The van der Waals surface area contributed by atoms with Gasteiger partial charge < -0.3 is 11.1 Å². The first-order chi connectivity index (χ1) is 8.54. The summed E-state index contributed by atoms with van der Waals surface area (Å²) in [5.41, 5.74) is 5.60. The molecule has 5 heteroatoms. The molecule has 1 amide bonds. The van der Waals surface area contributed by atoms with Crippen molar-refractivity contribution in [3.63, 3.8) is 0 Å². The lowest BCUT2D eigenvalue weighted by molar-refractivity contribution is 0.0952. The van der Waals surface area contributed by atoms with Crippen LogP contribution in [0.5, 0.6) is 0 Å². The first-order valence-corrected chi connectivity index (χ1v) is 5.98. The molecule has 3 N–H and O–H groups in total. The molecule has 0 spiro atoms. The molecule has 1 aromatic rings. The summed E-state index contributed by atoms with van der Waals surface area (Å²) in [6, 6.07) is 3.10. The minimum atomic E-state index is -1.01. The van der Waals surface area contributed by atoms with Crippen LogP contribution in [0.1, 0.15) is 30.1 Å². The Balaban J connectivity index is 2.39. The Labute approximate surface area is 105 Å².